The fraction of sp³-hybridized carbons (Fsp3) is 0.667. The molecule has 1 aromatic heterocycles. The third-order valence-electron chi connectivity index (χ3n) is 1.65. The third-order valence-corrected chi connectivity index (χ3v) is 2.14. The van der Waals surface area contributed by atoms with Gasteiger partial charge in [-0.25, -0.2) is 4.98 Å². The van der Waals surface area contributed by atoms with Crippen molar-refractivity contribution in [3.63, 3.8) is 0 Å². The first-order chi connectivity index (χ1) is 4.84. The quantitative estimate of drug-likeness (QED) is 0.739. The lowest BCUT2D eigenvalue weighted by Gasteiger charge is -1.93. The Morgan fingerprint density at radius 3 is 3.00 bits per heavy atom. The van der Waals surface area contributed by atoms with E-state index in [-0.39, 0.29) is 0 Å². The van der Waals surface area contributed by atoms with E-state index in [1.807, 2.05) is 4.68 Å². The van der Waals surface area contributed by atoms with Crippen molar-refractivity contribution in [2.75, 3.05) is 0 Å². The van der Waals surface area contributed by atoms with Gasteiger partial charge in [-0.1, -0.05) is 0 Å². The van der Waals surface area contributed by atoms with Crippen LogP contribution < -0.4 is 0 Å². The number of hydrogen-bond acceptors (Lipinski definition) is 2. The largest absolute Gasteiger partial charge is 0.252 e. The summed E-state index contributed by atoms with van der Waals surface area (Å²) in [5.41, 5.74) is 0. The van der Waals surface area contributed by atoms with Gasteiger partial charge in [-0.3, -0.25) is 4.68 Å². The minimum atomic E-state index is 0.846. The molecule has 1 saturated carbocycles. The van der Waals surface area contributed by atoms with Gasteiger partial charge in [0.2, 0.25) is 3.83 Å². The molecule has 10 heavy (non-hydrogen) atoms. The van der Waals surface area contributed by atoms with E-state index < -0.39 is 0 Å². The Morgan fingerprint density at radius 1 is 1.70 bits per heavy atom. The number of halogens is 1. The fourth-order valence-electron chi connectivity index (χ4n) is 0.925. The molecule has 0 amide bonds. The summed E-state index contributed by atoms with van der Waals surface area (Å²) in [4.78, 5) is 4.04. The minimum Gasteiger partial charge on any atom is -0.252 e. The molecule has 2 rings (SSSR count). The van der Waals surface area contributed by atoms with Crippen LogP contribution in [0.15, 0.2) is 6.33 Å². The van der Waals surface area contributed by atoms with Gasteiger partial charge in [-0.05, 0) is 18.8 Å². The molecule has 0 bridgehead atoms. The maximum Gasteiger partial charge on any atom is 0.211 e. The van der Waals surface area contributed by atoms with E-state index in [4.69, 9.17) is 0 Å². The van der Waals surface area contributed by atoms with Crippen molar-refractivity contribution < 1.29 is 0 Å². The summed E-state index contributed by atoms with van der Waals surface area (Å²) >= 11 is 2.12. The second-order valence-electron chi connectivity index (χ2n) is 2.68. The van der Waals surface area contributed by atoms with Gasteiger partial charge in [0.05, 0.1) is 0 Å². The molecule has 0 unspecified atom stereocenters. The monoisotopic (exact) mass is 249 g/mol. The Kier molecular flexibility index (Phi) is 1.63. The van der Waals surface area contributed by atoms with Crippen LogP contribution in [-0.4, -0.2) is 14.8 Å². The van der Waals surface area contributed by atoms with Gasteiger partial charge in [0.25, 0.3) is 0 Å². The number of hydrogen-bond donors (Lipinski definition) is 0. The van der Waals surface area contributed by atoms with Crippen LogP contribution in [0.25, 0.3) is 0 Å². The van der Waals surface area contributed by atoms with Crippen LogP contribution >= 0.6 is 22.6 Å². The molecule has 0 saturated heterocycles. The van der Waals surface area contributed by atoms with Crippen LogP contribution in [0, 0.1) is 9.75 Å². The first kappa shape index (κ1) is 6.57. The molecule has 54 valence electrons. The molecular weight excluding hydrogens is 241 g/mol. The topological polar surface area (TPSA) is 30.7 Å². The minimum absolute atomic E-state index is 0.846. The maximum atomic E-state index is 4.18. The molecule has 0 spiro atoms. The first-order valence-electron chi connectivity index (χ1n) is 3.39. The summed E-state index contributed by atoms with van der Waals surface area (Å²) in [5, 5.41) is 4.18. The Hall–Kier alpha value is -0.130. The van der Waals surface area contributed by atoms with E-state index in [0.29, 0.717) is 0 Å². The van der Waals surface area contributed by atoms with Crippen LogP contribution in [0.3, 0.4) is 0 Å². The lowest BCUT2D eigenvalue weighted by atomic mass is 10.4. The molecule has 1 aliphatic carbocycles. The highest BCUT2D eigenvalue weighted by Gasteiger charge is 2.21. The number of nitrogens with zero attached hydrogens (tertiary/aromatic N) is 3. The molecule has 1 aromatic rings. The molecule has 1 fully saturated rings. The average molecular weight is 249 g/mol. The summed E-state index contributed by atoms with van der Waals surface area (Å²) in [6.07, 6.45) is 4.55. The van der Waals surface area contributed by atoms with Gasteiger partial charge in [0.1, 0.15) is 6.33 Å². The molecule has 3 nitrogen and oxygen atoms in total. The van der Waals surface area contributed by atoms with Gasteiger partial charge in [0.15, 0.2) is 0 Å². The molecule has 1 heterocycles. The van der Waals surface area contributed by atoms with E-state index in [1.165, 1.54) is 12.8 Å². The summed E-state index contributed by atoms with van der Waals surface area (Å²) in [5.74, 6) is 0.887. The molecule has 0 atom stereocenters. The molecule has 4 heteroatoms. The summed E-state index contributed by atoms with van der Waals surface area (Å²) in [6.45, 7) is 1.07. The lowest BCUT2D eigenvalue weighted by Crippen LogP contribution is -1.99. The normalized spacial score (nSPS) is 17.7. The highest BCUT2D eigenvalue weighted by molar-refractivity contribution is 14.1. The van der Waals surface area contributed by atoms with Gasteiger partial charge in [-0.15, -0.1) is 5.10 Å². The number of aromatic nitrogens is 3. The van der Waals surface area contributed by atoms with Gasteiger partial charge < -0.3 is 0 Å². The van der Waals surface area contributed by atoms with Crippen LogP contribution in [-0.2, 0) is 6.54 Å². The first-order valence-corrected chi connectivity index (χ1v) is 4.47. The summed E-state index contributed by atoms with van der Waals surface area (Å²) < 4.78 is 2.78. The van der Waals surface area contributed by atoms with Crippen molar-refractivity contribution in [2.45, 2.75) is 19.4 Å². The Balaban J connectivity index is 2.03. The van der Waals surface area contributed by atoms with Crippen LogP contribution in [0.4, 0.5) is 0 Å². The van der Waals surface area contributed by atoms with Crippen molar-refractivity contribution in [3.8, 4) is 0 Å². The van der Waals surface area contributed by atoms with Crippen molar-refractivity contribution in [2.24, 2.45) is 5.92 Å². The second-order valence-corrected chi connectivity index (χ2v) is 3.64. The standard InChI is InChI=1S/C6H8IN3/c7-6-8-4-10(9-6)3-5-1-2-5/h4-5H,1-3H2. The Labute approximate surface area is 73.0 Å². The van der Waals surface area contributed by atoms with E-state index in [0.717, 1.165) is 16.3 Å². The van der Waals surface area contributed by atoms with Gasteiger partial charge in [0, 0.05) is 29.1 Å². The van der Waals surface area contributed by atoms with Crippen molar-refractivity contribution in [3.05, 3.63) is 10.2 Å². The van der Waals surface area contributed by atoms with E-state index in [2.05, 4.69) is 32.7 Å². The van der Waals surface area contributed by atoms with Crippen LogP contribution in [0.5, 0.6) is 0 Å². The van der Waals surface area contributed by atoms with Crippen molar-refractivity contribution >= 4 is 22.6 Å². The zero-order valence-electron chi connectivity index (χ0n) is 5.50. The predicted molar refractivity (Wildman–Crippen MR) is 45.5 cm³/mol. The highest BCUT2D eigenvalue weighted by Crippen LogP contribution is 2.30. The average Bonchev–Trinajstić information content (AvgIpc) is 2.59. The van der Waals surface area contributed by atoms with E-state index in [9.17, 15) is 0 Å². The fourth-order valence-corrected chi connectivity index (χ4v) is 1.33. The van der Waals surface area contributed by atoms with Crippen molar-refractivity contribution in [1.82, 2.24) is 14.8 Å². The van der Waals surface area contributed by atoms with Crippen LogP contribution in [0.1, 0.15) is 12.8 Å². The Bertz CT molecular complexity index is 229. The Morgan fingerprint density at radius 2 is 2.50 bits per heavy atom. The zero-order valence-corrected chi connectivity index (χ0v) is 7.65. The van der Waals surface area contributed by atoms with Crippen LogP contribution in [0.2, 0.25) is 0 Å². The summed E-state index contributed by atoms with van der Waals surface area (Å²) in [6, 6.07) is 0. The van der Waals surface area contributed by atoms with Gasteiger partial charge in [-0.2, -0.15) is 0 Å². The third kappa shape index (κ3) is 1.47. The van der Waals surface area contributed by atoms with Gasteiger partial charge >= 0.3 is 0 Å². The molecule has 1 aliphatic rings. The second kappa shape index (κ2) is 2.48. The smallest absolute Gasteiger partial charge is 0.211 e. The highest BCUT2D eigenvalue weighted by atomic mass is 127. The van der Waals surface area contributed by atoms with E-state index >= 15 is 0 Å². The number of rotatable bonds is 2. The molecule has 0 N–H and O–H groups in total. The molecule has 0 aromatic carbocycles. The maximum absolute atomic E-state index is 4.18. The SMILES string of the molecule is Ic1ncn(CC2CC2)n1. The molecular formula is C6H8IN3. The lowest BCUT2D eigenvalue weighted by molar-refractivity contribution is 0.559. The zero-order chi connectivity index (χ0) is 6.97. The van der Waals surface area contributed by atoms with E-state index in [1.54, 1.807) is 6.33 Å². The summed E-state index contributed by atoms with van der Waals surface area (Å²) in [7, 11) is 0. The van der Waals surface area contributed by atoms with Crippen molar-refractivity contribution in [1.29, 1.82) is 0 Å². The molecule has 0 aliphatic heterocycles. The predicted octanol–water partition coefficient (Wildman–Crippen LogP) is 1.29. The molecule has 0 radical (unpaired) electrons.